The Morgan fingerprint density at radius 3 is 2.09 bits per heavy atom. The van der Waals surface area contributed by atoms with E-state index in [1.807, 2.05) is 19.1 Å². The summed E-state index contributed by atoms with van der Waals surface area (Å²) in [5, 5.41) is 0. The number of carbonyl (C=O) groups excluding carboxylic acids is 2. The summed E-state index contributed by atoms with van der Waals surface area (Å²) in [6.45, 7) is 1.90. The van der Waals surface area contributed by atoms with E-state index in [0.29, 0.717) is 17.6 Å². The predicted molar refractivity (Wildman–Crippen MR) is 91.9 cm³/mol. The quantitative estimate of drug-likeness (QED) is 0.766. The molecule has 0 spiro atoms. The normalized spacial score (nSPS) is 19.7. The summed E-state index contributed by atoms with van der Waals surface area (Å²) in [4.78, 5) is 26.4. The fourth-order valence-corrected chi connectivity index (χ4v) is 4.26. The number of amides is 1. The SMILES string of the molecule is Cc1cc(C(=O)N(C2CCCCC2)C2CCCC2)ccc1C=O. The highest BCUT2D eigenvalue weighted by atomic mass is 16.2. The van der Waals surface area contributed by atoms with Crippen molar-refractivity contribution in [3.63, 3.8) is 0 Å². The van der Waals surface area contributed by atoms with E-state index < -0.39 is 0 Å². The van der Waals surface area contributed by atoms with Gasteiger partial charge in [-0.25, -0.2) is 0 Å². The van der Waals surface area contributed by atoms with Crippen molar-refractivity contribution in [2.24, 2.45) is 0 Å². The van der Waals surface area contributed by atoms with Gasteiger partial charge in [0.1, 0.15) is 6.29 Å². The maximum atomic E-state index is 13.2. The first kappa shape index (κ1) is 16.2. The molecule has 0 saturated heterocycles. The minimum atomic E-state index is 0.171. The number of carbonyl (C=O) groups is 2. The van der Waals surface area contributed by atoms with Crippen molar-refractivity contribution in [3.05, 3.63) is 34.9 Å². The molecule has 3 rings (SSSR count). The van der Waals surface area contributed by atoms with E-state index in [0.717, 1.165) is 43.1 Å². The van der Waals surface area contributed by atoms with Gasteiger partial charge < -0.3 is 4.90 Å². The largest absolute Gasteiger partial charge is 0.333 e. The second-order valence-corrected chi connectivity index (χ2v) is 7.13. The fraction of sp³-hybridized carbons (Fsp3) is 0.600. The lowest BCUT2D eigenvalue weighted by molar-refractivity contribution is 0.0517. The van der Waals surface area contributed by atoms with Crippen molar-refractivity contribution >= 4 is 12.2 Å². The summed E-state index contributed by atoms with van der Waals surface area (Å²) >= 11 is 0. The van der Waals surface area contributed by atoms with Crippen LogP contribution < -0.4 is 0 Å². The third-order valence-corrected chi connectivity index (χ3v) is 5.56. The van der Waals surface area contributed by atoms with E-state index in [1.54, 1.807) is 6.07 Å². The number of aldehydes is 1. The van der Waals surface area contributed by atoms with E-state index >= 15 is 0 Å². The van der Waals surface area contributed by atoms with Crippen LogP contribution in [0.5, 0.6) is 0 Å². The highest BCUT2D eigenvalue weighted by Gasteiger charge is 2.33. The molecule has 0 N–H and O–H groups in total. The zero-order valence-electron chi connectivity index (χ0n) is 14.1. The molecule has 2 fully saturated rings. The summed E-state index contributed by atoms with van der Waals surface area (Å²) in [7, 11) is 0. The van der Waals surface area contributed by atoms with Gasteiger partial charge in [0.05, 0.1) is 0 Å². The smallest absolute Gasteiger partial charge is 0.254 e. The minimum absolute atomic E-state index is 0.171. The maximum absolute atomic E-state index is 13.2. The van der Waals surface area contributed by atoms with Gasteiger partial charge in [0.2, 0.25) is 0 Å². The lowest BCUT2D eigenvalue weighted by Gasteiger charge is -2.39. The maximum Gasteiger partial charge on any atom is 0.254 e. The predicted octanol–water partition coefficient (Wildman–Crippen LogP) is 4.53. The van der Waals surface area contributed by atoms with Crippen LogP contribution in [0.2, 0.25) is 0 Å². The van der Waals surface area contributed by atoms with Crippen LogP contribution in [0.4, 0.5) is 0 Å². The Labute approximate surface area is 139 Å². The van der Waals surface area contributed by atoms with Gasteiger partial charge in [0.25, 0.3) is 5.91 Å². The third kappa shape index (κ3) is 3.49. The lowest BCUT2D eigenvalue weighted by Crippen LogP contribution is -2.47. The molecule has 0 atom stereocenters. The van der Waals surface area contributed by atoms with Gasteiger partial charge in [-0.05, 0) is 50.3 Å². The molecule has 1 aromatic rings. The van der Waals surface area contributed by atoms with Gasteiger partial charge in [0, 0.05) is 23.2 Å². The monoisotopic (exact) mass is 313 g/mol. The van der Waals surface area contributed by atoms with Crippen LogP contribution >= 0.6 is 0 Å². The van der Waals surface area contributed by atoms with E-state index in [4.69, 9.17) is 0 Å². The number of benzene rings is 1. The average Bonchev–Trinajstić information content (AvgIpc) is 3.10. The summed E-state index contributed by atoms with van der Waals surface area (Å²) in [5.41, 5.74) is 2.30. The van der Waals surface area contributed by atoms with Crippen LogP contribution in [0.15, 0.2) is 18.2 Å². The zero-order valence-corrected chi connectivity index (χ0v) is 14.1. The summed E-state index contributed by atoms with van der Waals surface area (Å²) in [6, 6.07) is 6.31. The van der Waals surface area contributed by atoms with E-state index in [-0.39, 0.29) is 5.91 Å². The Bertz CT molecular complexity index is 569. The Hall–Kier alpha value is -1.64. The molecule has 0 aromatic heterocycles. The molecular weight excluding hydrogens is 286 g/mol. The van der Waals surface area contributed by atoms with Crippen LogP contribution in [0.25, 0.3) is 0 Å². The minimum Gasteiger partial charge on any atom is -0.333 e. The van der Waals surface area contributed by atoms with E-state index in [9.17, 15) is 9.59 Å². The molecule has 3 nitrogen and oxygen atoms in total. The van der Waals surface area contributed by atoms with Crippen molar-refractivity contribution in [1.82, 2.24) is 4.90 Å². The molecule has 0 unspecified atom stereocenters. The van der Waals surface area contributed by atoms with Crippen LogP contribution in [0.3, 0.4) is 0 Å². The van der Waals surface area contributed by atoms with Crippen molar-refractivity contribution in [2.45, 2.75) is 76.8 Å². The lowest BCUT2D eigenvalue weighted by atomic mass is 9.92. The first-order valence-electron chi connectivity index (χ1n) is 9.09. The molecule has 0 heterocycles. The number of rotatable bonds is 4. The van der Waals surface area contributed by atoms with E-state index in [1.165, 1.54) is 32.1 Å². The summed E-state index contributed by atoms with van der Waals surface area (Å²) in [6.07, 6.45) is 11.7. The zero-order chi connectivity index (χ0) is 16.2. The van der Waals surface area contributed by atoms with Crippen LogP contribution in [0, 0.1) is 6.92 Å². The molecular formula is C20H27NO2. The molecule has 3 heteroatoms. The highest BCUT2D eigenvalue weighted by molar-refractivity contribution is 5.95. The Morgan fingerprint density at radius 1 is 1.00 bits per heavy atom. The van der Waals surface area contributed by atoms with Gasteiger partial charge >= 0.3 is 0 Å². The Balaban J connectivity index is 1.86. The highest BCUT2D eigenvalue weighted by Crippen LogP contribution is 2.32. The van der Waals surface area contributed by atoms with E-state index in [2.05, 4.69) is 4.90 Å². The molecule has 0 bridgehead atoms. The molecule has 0 radical (unpaired) electrons. The first-order valence-corrected chi connectivity index (χ1v) is 9.09. The second kappa shape index (κ2) is 7.29. The van der Waals surface area contributed by atoms with Gasteiger partial charge in [0.15, 0.2) is 0 Å². The summed E-state index contributed by atoms with van der Waals surface area (Å²) < 4.78 is 0. The standard InChI is InChI=1S/C20H27NO2/c1-15-13-16(11-12-17(15)14-22)20(23)21(19-9-5-6-10-19)18-7-3-2-4-8-18/h11-14,18-19H,2-10H2,1H3. The first-order chi connectivity index (χ1) is 11.2. The molecule has 2 aliphatic carbocycles. The molecule has 124 valence electrons. The number of hydrogen-bond donors (Lipinski definition) is 0. The molecule has 1 amide bonds. The van der Waals surface area contributed by atoms with Gasteiger partial charge in [-0.1, -0.05) is 38.2 Å². The molecule has 2 saturated carbocycles. The second-order valence-electron chi connectivity index (χ2n) is 7.13. The number of nitrogens with zero attached hydrogens (tertiary/aromatic N) is 1. The van der Waals surface area contributed by atoms with Crippen molar-refractivity contribution in [1.29, 1.82) is 0 Å². The van der Waals surface area contributed by atoms with Gasteiger partial charge in [-0.3, -0.25) is 9.59 Å². The molecule has 0 aliphatic heterocycles. The Kier molecular flexibility index (Phi) is 5.14. The van der Waals surface area contributed by atoms with Crippen LogP contribution in [-0.2, 0) is 0 Å². The van der Waals surface area contributed by atoms with Crippen LogP contribution in [0.1, 0.15) is 84.1 Å². The third-order valence-electron chi connectivity index (χ3n) is 5.56. The van der Waals surface area contributed by atoms with Crippen molar-refractivity contribution < 1.29 is 9.59 Å². The summed E-state index contributed by atoms with van der Waals surface area (Å²) in [5.74, 6) is 0.171. The Morgan fingerprint density at radius 2 is 1.57 bits per heavy atom. The fourth-order valence-electron chi connectivity index (χ4n) is 4.26. The number of hydrogen-bond acceptors (Lipinski definition) is 2. The van der Waals surface area contributed by atoms with Gasteiger partial charge in [-0.2, -0.15) is 0 Å². The topological polar surface area (TPSA) is 37.4 Å². The average molecular weight is 313 g/mol. The molecule has 2 aliphatic rings. The van der Waals surface area contributed by atoms with Crippen LogP contribution in [-0.4, -0.2) is 29.2 Å². The molecule has 1 aromatic carbocycles. The van der Waals surface area contributed by atoms with Crippen molar-refractivity contribution in [2.75, 3.05) is 0 Å². The van der Waals surface area contributed by atoms with Crippen molar-refractivity contribution in [3.8, 4) is 0 Å². The molecule has 23 heavy (non-hydrogen) atoms. The van der Waals surface area contributed by atoms with Gasteiger partial charge in [-0.15, -0.1) is 0 Å². The number of aryl methyl sites for hydroxylation is 1.